The van der Waals surface area contributed by atoms with Crippen LogP contribution in [0.1, 0.15) is 124 Å². The number of carbonyl (C=O) groups is 11. The number of nitrogens with one attached hydrogen (secondary N) is 9. The van der Waals surface area contributed by atoms with Crippen LogP contribution in [-0.2, 0) is 72.4 Å². The van der Waals surface area contributed by atoms with Gasteiger partial charge in [0.1, 0.15) is 48.3 Å². The van der Waals surface area contributed by atoms with E-state index in [4.69, 9.17) is 16.9 Å². The predicted octanol–water partition coefficient (Wildman–Crippen LogP) is 0.805. The van der Waals surface area contributed by atoms with Crippen LogP contribution in [0.15, 0.2) is 78.9 Å². The zero-order valence-electron chi connectivity index (χ0n) is 50.8. The van der Waals surface area contributed by atoms with Gasteiger partial charge in [-0.15, -0.1) is 0 Å². The van der Waals surface area contributed by atoms with Crippen LogP contribution >= 0.6 is 23.5 Å². The maximum atomic E-state index is 14.7. The molecule has 0 aliphatic carbocycles. The summed E-state index contributed by atoms with van der Waals surface area (Å²) in [4.78, 5) is 155. The van der Waals surface area contributed by atoms with Crippen molar-refractivity contribution < 1.29 is 63.0 Å². The molecule has 3 aliphatic heterocycles. The first-order valence-electron chi connectivity index (χ1n) is 30.5. The van der Waals surface area contributed by atoms with Gasteiger partial charge >= 0.3 is 5.97 Å². The van der Waals surface area contributed by atoms with Crippen LogP contribution in [0.4, 0.5) is 0 Å². The highest BCUT2D eigenvalue weighted by Gasteiger charge is 2.45. The van der Waals surface area contributed by atoms with Gasteiger partial charge in [0, 0.05) is 74.0 Å². The Labute approximate surface area is 531 Å². The zero-order valence-corrected chi connectivity index (χ0v) is 52.4. The summed E-state index contributed by atoms with van der Waals surface area (Å²) < 4.78 is 0. The highest BCUT2D eigenvalue weighted by atomic mass is 32.2. The maximum Gasteiger partial charge on any atom is 0.303 e. The lowest BCUT2D eigenvalue weighted by Crippen LogP contribution is -2.61. The van der Waals surface area contributed by atoms with Gasteiger partial charge in [-0.25, -0.2) is 0 Å². The Morgan fingerprint density at radius 1 is 0.711 bits per heavy atom. The second-order valence-corrected chi connectivity index (χ2v) is 24.7. The number of hydrogen-bond acceptors (Lipinski definition) is 15. The van der Waals surface area contributed by atoms with Crippen molar-refractivity contribution in [2.24, 2.45) is 11.5 Å². The molecule has 0 saturated carbocycles. The molecule has 488 valence electrons. The molecule has 26 nitrogen and oxygen atoms in total. The van der Waals surface area contributed by atoms with Gasteiger partial charge in [0.2, 0.25) is 53.2 Å². The van der Waals surface area contributed by atoms with Crippen LogP contribution in [0.2, 0.25) is 0 Å². The second-order valence-electron chi connectivity index (χ2n) is 22.7. The lowest BCUT2D eigenvalue weighted by Gasteiger charge is -2.33. The molecule has 0 unspecified atom stereocenters. The fourth-order valence-corrected chi connectivity index (χ4v) is 12.7. The van der Waals surface area contributed by atoms with Gasteiger partial charge in [0.05, 0.1) is 6.10 Å². The minimum absolute atomic E-state index is 0.00237. The van der Waals surface area contributed by atoms with Gasteiger partial charge in [0.25, 0.3) is 5.91 Å². The number of rotatable bonds is 21. The van der Waals surface area contributed by atoms with Crippen LogP contribution in [0, 0.1) is 5.41 Å². The number of thioether (sulfide) groups is 2. The van der Waals surface area contributed by atoms with E-state index in [1.807, 2.05) is 31.2 Å². The van der Waals surface area contributed by atoms with Crippen molar-refractivity contribution in [2.45, 2.75) is 170 Å². The fourth-order valence-electron chi connectivity index (χ4n) is 10.7. The Balaban J connectivity index is 1.30. The van der Waals surface area contributed by atoms with Crippen molar-refractivity contribution in [2.75, 3.05) is 31.1 Å². The number of carboxylic acid groups (broad SMARTS) is 1. The number of benzene rings is 3. The van der Waals surface area contributed by atoms with E-state index >= 15 is 0 Å². The van der Waals surface area contributed by atoms with Crippen LogP contribution in [0.3, 0.4) is 0 Å². The molecule has 3 heterocycles. The average Bonchev–Trinajstić information content (AvgIpc) is 1.77. The molecule has 3 aromatic rings. The Hall–Kier alpha value is -8.24. The van der Waals surface area contributed by atoms with Crippen molar-refractivity contribution in [3.8, 4) is 0 Å². The molecule has 6 rings (SSSR count). The lowest BCUT2D eigenvalue weighted by atomic mass is 10.0. The molecule has 3 aliphatic rings. The van der Waals surface area contributed by atoms with E-state index in [0.717, 1.165) is 24.0 Å². The number of amides is 10. The standard InChI is InChI=1S/C62H85N13O13S2/c1-3-4-6-20-50(77)68-47-36-90-34-41-16-9-15-40(30-41)33-89-35-46(55(82)67-32-39-21-23-42(24-22-39)54(81)69-43(53(63)80)17-10-27-66-62(64)65)72-57(84)45(31-38-13-7-5-8-14-38)71-56(83)44(25-26-51(78)79)70-59(86)52(37(2)76)73-58(85)48-18-11-28-74(48)61(88)49-19-12-29-75(49)60(47)87/h5,7-9,13-16,21-24,30,37,43-49,52,76H,3-4,6,10-12,17-20,25-29,31-36H2,1-2H3,(H2,63,80)(H,67,82)(H,68,77)(H,69,81)(H,70,86)(H,71,83)(H,72,84)(H,73,85)(H,78,79)(H4,64,65,66)/t37-,43+,44+,45+,46+,47+,48+,49+,52+/m1/s1. The third-order valence-electron chi connectivity index (χ3n) is 15.6. The third-order valence-corrected chi connectivity index (χ3v) is 17.8. The molecule has 10 amide bonds. The quantitative estimate of drug-likeness (QED) is 0.0399. The van der Waals surface area contributed by atoms with E-state index < -0.39 is 126 Å². The first kappa shape index (κ1) is 70.8. The molecule has 15 N–H and O–H groups in total. The molecule has 90 heavy (non-hydrogen) atoms. The van der Waals surface area contributed by atoms with Crippen LogP contribution in [0.25, 0.3) is 0 Å². The van der Waals surface area contributed by atoms with Gasteiger partial charge in [-0.2, -0.15) is 23.5 Å². The molecular weight excluding hydrogens is 1200 g/mol. The predicted molar refractivity (Wildman–Crippen MR) is 339 cm³/mol. The smallest absolute Gasteiger partial charge is 0.303 e. The SMILES string of the molecule is CCCCCC(=O)N[C@H]1CSCc2cccc(c2)CSC[C@@H](C(=O)NCc2ccc(C(=O)N[C@@H](CCCNC(=N)N)C(N)=O)cc2)NC(=O)[C@H](Cc2ccccc2)NC(=O)[C@H](CCC(=O)O)NC(=O)[C@H]([C@@H](C)O)NC(=O)[C@@H]2CCCN2C(=O)[C@@H]2CCCN2C1=O. The summed E-state index contributed by atoms with van der Waals surface area (Å²) in [5.74, 6) is -7.47. The van der Waals surface area contributed by atoms with Gasteiger partial charge in [-0.3, -0.25) is 58.1 Å². The number of carboxylic acids is 1. The summed E-state index contributed by atoms with van der Waals surface area (Å²) in [5.41, 5.74) is 14.0. The minimum atomic E-state index is -1.73. The van der Waals surface area contributed by atoms with E-state index in [-0.39, 0.29) is 80.8 Å². The van der Waals surface area contributed by atoms with Crippen molar-refractivity contribution >= 4 is 94.5 Å². The number of hydrogen-bond donors (Lipinski definition) is 13. The van der Waals surface area contributed by atoms with Crippen molar-refractivity contribution in [3.63, 3.8) is 0 Å². The number of aliphatic carboxylic acids is 1. The molecule has 28 heteroatoms. The first-order valence-corrected chi connectivity index (χ1v) is 32.8. The Morgan fingerprint density at radius 2 is 1.36 bits per heavy atom. The van der Waals surface area contributed by atoms with Crippen molar-refractivity contribution in [3.05, 3.63) is 107 Å². The molecular formula is C62H85N13O13S2. The zero-order chi connectivity index (χ0) is 65.3. The largest absolute Gasteiger partial charge is 0.481 e. The number of unbranched alkanes of at least 4 members (excludes halogenated alkanes) is 2. The number of aliphatic hydroxyl groups is 1. The van der Waals surface area contributed by atoms with Gasteiger partial charge in [-0.05, 0) is 92.7 Å². The first-order chi connectivity index (χ1) is 43.1. The third kappa shape index (κ3) is 22.1. The Morgan fingerprint density at radius 3 is 2.00 bits per heavy atom. The van der Waals surface area contributed by atoms with Crippen molar-refractivity contribution in [1.82, 2.24) is 52.3 Å². The normalized spacial score (nSPS) is 22.3. The van der Waals surface area contributed by atoms with E-state index in [0.29, 0.717) is 54.7 Å². The summed E-state index contributed by atoms with van der Waals surface area (Å²) in [6.07, 6.45) is 1.60. The maximum absolute atomic E-state index is 14.7. The number of primary amides is 1. The van der Waals surface area contributed by atoms with Crippen molar-refractivity contribution in [1.29, 1.82) is 5.41 Å². The number of nitrogens with zero attached hydrogens (tertiary/aromatic N) is 2. The molecule has 0 spiro atoms. The van der Waals surface area contributed by atoms with Gasteiger partial charge < -0.3 is 74.0 Å². The molecule has 3 aromatic carbocycles. The summed E-state index contributed by atoms with van der Waals surface area (Å²) in [6, 6.07) is 12.3. The number of carbonyl (C=O) groups excluding carboxylic acids is 10. The number of guanidine groups is 1. The van der Waals surface area contributed by atoms with Crippen LogP contribution in [0.5, 0.6) is 0 Å². The highest BCUT2D eigenvalue weighted by molar-refractivity contribution is 7.98. The highest BCUT2D eigenvalue weighted by Crippen LogP contribution is 2.27. The second kappa shape index (κ2) is 35.8. The van der Waals surface area contributed by atoms with E-state index in [1.54, 1.807) is 42.5 Å². The molecule has 2 fully saturated rings. The molecule has 0 radical (unpaired) electrons. The molecule has 2 bridgehead atoms. The summed E-state index contributed by atoms with van der Waals surface area (Å²) in [5, 5.41) is 49.7. The van der Waals surface area contributed by atoms with E-state index in [9.17, 15) is 63.0 Å². The monoisotopic (exact) mass is 1280 g/mol. The molecule has 2 saturated heterocycles. The number of fused-ring (bicyclic) bond motifs is 4. The fraction of sp³-hybridized carbons (Fsp3) is 0.516. The summed E-state index contributed by atoms with van der Waals surface area (Å²) in [6.45, 7) is 3.84. The average molecular weight is 1280 g/mol. The van der Waals surface area contributed by atoms with E-state index in [1.165, 1.54) is 52.4 Å². The van der Waals surface area contributed by atoms with Crippen LogP contribution in [-0.4, -0.2) is 177 Å². The number of nitrogens with two attached hydrogens (primary N) is 2. The van der Waals surface area contributed by atoms with Crippen LogP contribution < -0.4 is 54.0 Å². The lowest BCUT2D eigenvalue weighted by molar-refractivity contribution is -0.148. The Bertz CT molecular complexity index is 3010. The van der Waals surface area contributed by atoms with Gasteiger partial charge in [0.15, 0.2) is 5.96 Å². The number of aliphatic hydroxyl groups excluding tert-OH is 1. The molecule has 9 atom stereocenters. The summed E-state index contributed by atoms with van der Waals surface area (Å²) >= 11 is 2.74. The molecule has 0 aromatic heterocycles. The topological polar surface area (TPSA) is 407 Å². The minimum Gasteiger partial charge on any atom is -0.481 e. The Kier molecular flexibility index (Phi) is 28.2. The van der Waals surface area contributed by atoms with E-state index in [2.05, 4.69) is 42.5 Å². The summed E-state index contributed by atoms with van der Waals surface area (Å²) in [7, 11) is 0. The van der Waals surface area contributed by atoms with Gasteiger partial charge in [-0.1, -0.05) is 86.5 Å².